The molecule has 0 amide bonds. The highest BCUT2D eigenvalue weighted by Gasteiger charge is 2.19. The molecule has 1 saturated heterocycles. The Morgan fingerprint density at radius 2 is 1.86 bits per heavy atom. The number of ether oxygens (including phenoxy) is 1. The molecule has 0 bridgehead atoms. The molecule has 1 atom stereocenters. The van der Waals surface area contributed by atoms with Crippen LogP contribution in [0, 0.1) is 0 Å². The van der Waals surface area contributed by atoms with Gasteiger partial charge in [-0.15, -0.1) is 0 Å². The topological polar surface area (TPSA) is 69.2 Å². The minimum Gasteiger partial charge on any atom is -0.482 e. The van der Waals surface area contributed by atoms with Gasteiger partial charge in [0.25, 0.3) is 0 Å². The Hall–Kier alpha value is -2.86. The minimum absolute atomic E-state index is 0.109. The molecule has 1 aliphatic rings. The Kier molecular flexibility index (Phi) is 5.30. The van der Waals surface area contributed by atoms with Crippen molar-refractivity contribution in [3.63, 3.8) is 0 Å². The first-order valence-corrected chi connectivity index (χ1v) is 9.80. The molecule has 3 heterocycles. The largest absolute Gasteiger partial charge is 0.482 e. The number of piperidine rings is 1. The first kappa shape index (κ1) is 18.5. The number of hydrogen-bond acceptors (Lipinski definition) is 5. The van der Waals surface area contributed by atoms with Crippen LogP contribution in [-0.2, 0) is 0 Å². The van der Waals surface area contributed by atoms with Gasteiger partial charge in [-0.1, -0.05) is 30.3 Å². The molecular weight excluding hydrogens is 350 g/mol. The molecule has 4 rings (SSSR count). The van der Waals surface area contributed by atoms with Crippen molar-refractivity contribution < 1.29 is 4.74 Å². The van der Waals surface area contributed by atoms with Crippen LogP contribution in [0.2, 0.25) is 0 Å². The maximum absolute atomic E-state index is 6.11. The van der Waals surface area contributed by atoms with Crippen LogP contribution in [0.5, 0.6) is 5.75 Å². The van der Waals surface area contributed by atoms with Gasteiger partial charge >= 0.3 is 0 Å². The fourth-order valence-electron chi connectivity index (χ4n) is 3.64. The van der Waals surface area contributed by atoms with E-state index in [-0.39, 0.29) is 6.10 Å². The van der Waals surface area contributed by atoms with Crippen LogP contribution >= 0.6 is 0 Å². The summed E-state index contributed by atoms with van der Waals surface area (Å²) >= 11 is 0. The molecule has 0 saturated carbocycles. The zero-order valence-electron chi connectivity index (χ0n) is 16.5. The molecule has 1 unspecified atom stereocenters. The molecule has 0 spiro atoms. The number of nitrogens with two attached hydrogens (primary N) is 1. The predicted octanol–water partition coefficient (Wildman–Crippen LogP) is 3.93. The second kappa shape index (κ2) is 8.02. The van der Waals surface area contributed by atoms with E-state index >= 15 is 0 Å². The Morgan fingerprint density at radius 3 is 2.61 bits per heavy atom. The fraction of sp³-hybridized carbons (Fsp3) is 0.364. The van der Waals surface area contributed by atoms with E-state index in [1.54, 1.807) is 6.20 Å². The van der Waals surface area contributed by atoms with E-state index in [1.165, 1.54) is 0 Å². The van der Waals surface area contributed by atoms with E-state index in [0.717, 1.165) is 42.6 Å². The standard InChI is InChI=1S/C22H27N5O/c1-16(17-6-4-3-5-7-17)28-21-12-18(13-24-22(21)23)19-14-25-27(15-19)20-8-10-26(2)11-9-20/h3-7,12-16,20H,8-11H2,1-2H3,(H2,23,24). The summed E-state index contributed by atoms with van der Waals surface area (Å²) in [5, 5.41) is 4.60. The number of rotatable bonds is 5. The molecule has 2 aromatic heterocycles. The third-order valence-corrected chi connectivity index (χ3v) is 5.45. The van der Waals surface area contributed by atoms with Gasteiger partial charge in [0.05, 0.1) is 12.2 Å². The summed E-state index contributed by atoms with van der Waals surface area (Å²) in [6.45, 7) is 4.23. The van der Waals surface area contributed by atoms with Crippen molar-refractivity contribution in [1.82, 2.24) is 19.7 Å². The van der Waals surface area contributed by atoms with Gasteiger partial charge in [0, 0.05) is 23.5 Å². The van der Waals surface area contributed by atoms with Crippen LogP contribution in [0.1, 0.15) is 37.5 Å². The van der Waals surface area contributed by atoms with Gasteiger partial charge in [0.15, 0.2) is 11.6 Å². The summed E-state index contributed by atoms with van der Waals surface area (Å²) in [6, 6.07) is 12.5. The molecule has 2 N–H and O–H groups in total. The summed E-state index contributed by atoms with van der Waals surface area (Å²) < 4.78 is 8.20. The summed E-state index contributed by atoms with van der Waals surface area (Å²) in [5.41, 5.74) is 9.16. The van der Waals surface area contributed by atoms with Crippen molar-refractivity contribution >= 4 is 5.82 Å². The van der Waals surface area contributed by atoms with Crippen LogP contribution in [0.4, 0.5) is 5.82 Å². The Bertz CT molecular complexity index is 916. The van der Waals surface area contributed by atoms with Crippen molar-refractivity contribution in [3.05, 3.63) is 60.6 Å². The van der Waals surface area contributed by atoms with Gasteiger partial charge in [-0.3, -0.25) is 4.68 Å². The Labute approximate surface area is 165 Å². The lowest BCUT2D eigenvalue weighted by Gasteiger charge is -2.28. The number of anilines is 1. The molecule has 0 radical (unpaired) electrons. The first-order valence-electron chi connectivity index (χ1n) is 9.80. The lowest BCUT2D eigenvalue weighted by Crippen LogP contribution is -2.31. The quantitative estimate of drug-likeness (QED) is 0.729. The monoisotopic (exact) mass is 377 g/mol. The molecule has 146 valence electrons. The molecule has 6 nitrogen and oxygen atoms in total. The van der Waals surface area contributed by atoms with Gasteiger partial charge in [-0.2, -0.15) is 5.10 Å². The maximum atomic E-state index is 6.11. The summed E-state index contributed by atoms with van der Waals surface area (Å²) in [7, 11) is 2.17. The SMILES string of the molecule is CC(Oc1cc(-c2cnn(C3CCN(C)CC3)c2)cnc1N)c1ccccc1. The number of likely N-dealkylation sites (tertiary alicyclic amines) is 1. The first-order chi connectivity index (χ1) is 13.6. The zero-order valence-corrected chi connectivity index (χ0v) is 16.5. The lowest BCUT2D eigenvalue weighted by atomic mass is 10.1. The third kappa shape index (κ3) is 4.02. The lowest BCUT2D eigenvalue weighted by molar-refractivity contribution is 0.212. The van der Waals surface area contributed by atoms with E-state index in [9.17, 15) is 0 Å². The van der Waals surface area contributed by atoms with Gasteiger partial charge in [0.2, 0.25) is 0 Å². The van der Waals surface area contributed by atoms with Crippen LogP contribution in [0.3, 0.4) is 0 Å². The summed E-state index contributed by atoms with van der Waals surface area (Å²) in [4.78, 5) is 6.71. The number of aromatic nitrogens is 3. The zero-order chi connectivity index (χ0) is 19.5. The molecular formula is C22H27N5O. The number of pyridine rings is 1. The van der Waals surface area contributed by atoms with Crippen LogP contribution in [0.25, 0.3) is 11.1 Å². The molecule has 1 fully saturated rings. The highest BCUT2D eigenvalue weighted by molar-refractivity contribution is 5.65. The number of nitrogens with zero attached hydrogens (tertiary/aromatic N) is 4. The molecule has 6 heteroatoms. The van der Waals surface area contributed by atoms with Crippen molar-refractivity contribution in [2.75, 3.05) is 25.9 Å². The van der Waals surface area contributed by atoms with Gasteiger partial charge in [-0.25, -0.2) is 4.98 Å². The maximum Gasteiger partial charge on any atom is 0.166 e. The normalized spacial score (nSPS) is 16.8. The average Bonchev–Trinajstić information content (AvgIpc) is 3.21. The molecule has 0 aliphatic carbocycles. The van der Waals surface area contributed by atoms with E-state index in [4.69, 9.17) is 10.5 Å². The van der Waals surface area contributed by atoms with Crippen molar-refractivity contribution in [3.8, 4) is 16.9 Å². The molecule has 1 aromatic carbocycles. The predicted molar refractivity (Wildman–Crippen MR) is 111 cm³/mol. The summed E-state index contributed by atoms with van der Waals surface area (Å²) in [6.07, 6.45) is 7.93. The number of benzene rings is 1. The molecule has 1 aliphatic heterocycles. The highest BCUT2D eigenvalue weighted by Crippen LogP contribution is 2.31. The fourth-order valence-corrected chi connectivity index (χ4v) is 3.64. The average molecular weight is 377 g/mol. The molecule has 3 aromatic rings. The van der Waals surface area contributed by atoms with Crippen LogP contribution in [-0.4, -0.2) is 39.8 Å². The van der Waals surface area contributed by atoms with E-state index in [2.05, 4.69) is 32.9 Å². The van der Waals surface area contributed by atoms with Crippen molar-refractivity contribution in [1.29, 1.82) is 0 Å². The van der Waals surface area contributed by atoms with E-state index in [0.29, 0.717) is 17.6 Å². The summed E-state index contributed by atoms with van der Waals surface area (Å²) in [5.74, 6) is 0.995. The van der Waals surface area contributed by atoms with Crippen molar-refractivity contribution in [2.45, 2.75) is 31.9 Å². The Balaban J connectivity index is 1.52. The smallest absolute Gasteiger partial charge is 0.166 e. The van der Waals surface area contributed by atoms with E-state index in [1.807, 2.05) is 49.5 Å². The number of hydrogen-bond donors (Lipinski definition) is 1. The minimum atomic E-state index is -0.109. The van der Waals surface area contributed by atoms with Crippen LogP contribution in [0.15, 0.2) is 55.0 Å². The van der Waals surface area contributed by atoms with E-state index < -0.39 is 0 Å². The Morgan fingerprint density at radius 1 is 1.11 bits per heavy atom. The molecule has 28 heavy (non-hydrogen) atoms. The second-order valence-corrected chi connectivity index (χ2v) is 7.52. The van der Waals surface area contributed by atoms with Gasteiger partial charge < -0.3 is 15.4 Å². The van der Waals surface area contributed by atoms with Crippen LogP contribution < -0.4 is 10.5 Å². The highest BCUT2D eigenvalue weighted by atomic mass is 16.5. The third-order valence-electron chi connectivity index (χ3n) is 5.45. The van der Waals surface area contributed by atoms with Gasteiger partial charge in [0.1, 0.15) is 6.10 Å². The number of nitrogen functional groups attached to an aromatic ring is 1. The van der Waals surface area contributed by atoms with Gasteiger partial charge in [-0.05, 0) is 51.5 Å². The van der Waals surface area contributed by atoms with Crippen molar-refractivity contribution in [2.24, 2.45) is 0 Å². The second-order valence-electron chi connectivity index (χ2n) is 7.52.